The average Bonchev–Trinajstić information content (AvgIpc) is 2.71. The van der Waals surface area contributed by atoms with E-state index in [1.165, 1.54) is 6.42 Å². The summed E-state index contributed by atoms with van der Waals surface area (Å²) in [5, 5.41) is 7.04. The zero-order valence-electron chi connectivity index (χ0n) is 17.2. The van der Waals surface area contributed by atoms with E-state index in [0.717, 1.165) is 36.0 Å². The molecule has 0 aliphatic carbocycles. The standard InChI is InChI=1S/C21H26ClN5O2S/c1-13-7-14(2)12-27(11-13)19-9-18(22)24-20(25-19)26-21(30)23-10-15-3-4-16-17(8-15)29-6-5-28-16/h3-4,8-9,13-14H,5-7,10-12H2,1-2H3,(H2,23,24,25,26,30)/t13-,14+. The highest BCUT2D eigenvalue weighted by molar-refractivity contribution is 7.80. The third-order valence-electron chi connectivity index (χ3n) is 5.16. The van der Waals surface area contributed by atoms with Crippen LogP contribution in [0.25, 0.3) is 0 Å². The van der Waals surface area contributed by atoms with Crippen LogP contribution in [0.3, 0.4) is 0 Å². The highest BCUT2D eigenvalue weighted by Gasteiger charge is 2.23. The lowest BCUT2D eigenvalue weighted by Gasteiger charge is -2.35. The number of hydrogen-bond acceptors (Lipinski definition) is 6. The van der Waals surface area contributed by atoms with Crippen molar-refractivity contribution < 1.29 is 9.47 Å². The van der Waals surface area contributed by atoms with E-state index in [4.69, 9.17) is 33.3 Å². The number of piperidine rings is 1. The molecule has 4 rings (SSSR count). The molecule has 0 amide bonds. The molecule has 9 heteroatoms. The van der Waals surface area contributed by atoms with Gasteiger partial charge < -0.3 is 25.0 Å². The second-order valence-corrected chi connectivity index (χ2v) is 8.80. The van der Waals surface area contributed by atoms with Gasteiger partial charge in [0.15, 0.2) is 16.6 Å². The van der Waals surface area contributed by atoms with E-state index in [-0.39, 0.29) is 0 Å². The van der Waals surface area contributed by atoms with Gasteiger partial charge in [-0.15, -0.1) is 0 Å². The van der Waals surface area contributed by atoms with Crippen molar-refractivity contribution in [3.8, 4) is 11.5 Å². The smallest absolute Gasteiger partial charge is 0.232 e. The number of benzene rings is 1. The molecule has 1 aromatic carbocycles. The fourth-order valence-electron chi connectivity index (χ4n) is 4.00. The molecule has 0 spiro atoms. The number of rotatable bonds is 4. The molecule has 1 aromatic heterocycles. The van der Waals surface area contributed by atoms with Gasteiger partial charge in [0.2, 0.25) is 5.95 Å². The Hall–Kier alpha value is -2.32. The number of anilines is 2. The Labute approximate surface area is 187 Å². The Bertz CT molecular complexity index is 918. The van der Waals surface area contributed by atoms with Gasteiger partial charge in [-0.05, 0) is 48.2 Å². The molecule has 3 heterocycles. The normalized spacial score (nSPS) is 20.6. The lowest BCUT2D eigenvalue weighted by atomic mass is 9.92. The number of nitrogens with zero attached hydrogens (tertiary/aromatic N) is 3. The first-order chi connectivity index (χ1) is 14.5. The Morgan fingerprint density at radius 2 is 1.87 bits per heavy atom. The molecule has 0 saturated carbocycles. The Kier molecular flexibility index (Phi) is 6.43. The quantitative estimate of drug-likeness (QED) is 0.540. The molecule has 7 nitrogen and oxygen atoms in total. The molecule has 2 N–H and O–H groups in total. The molecule has 2 atom stereocenters. The van der Waals surface area contributed by atoms with Crippen LogP contribution in [0.5, 0.6) is 11.5 Å². The van der Waals surface area contributed by atoms with E-state index >= 15 is 0 Å². The van der Waals surface area contributed by atoms with Crippen molar-refractivity contribution in [2.24, 2.45) is 11.8 Å². The summed E-state index contributed by atoms with van der Waals surface area (Å²) < 4.78 is 11.2. The zero-order valence-corrected chi connectivity index (χ0v) is 18.7. The van der Waals surface area contributed by atoms with E-state index in [9.17, 15) is 0 Å². The number of ether oxygens (including phenoxy) is 2. The van der Waals surface area contributed by atoms with Crippen LogP contribution in [0.15, 0.2) is 24.3 Å². The van der Waals surface area contributed by atoms with Gasteiger partial charge in [-0.1, -0.05) is 31.5 Å². The van der Waals surface area contributed by atoms with Crippen molar-refractivity contribution in [2.45, 2.75) is 26.8 Å². The summed E-state index contributed by atoms with van der Waals surface area (Å²) >= 11 is 11.7. The van der Waals surface area contributed by atoms with E-state index in [1.807, 2.05) is 24.3 Å². The lowest BCUT2D eigenvalue weighted by molar-refractivity contribution is 0.171. The van der Waals surface area contributed by atoms with Crippen LogP contribution in [0, 0.1) is 11.8 Å². The Balaban J connectivity index is 1.38. The molecule has 1 saturated heterocycles. The predicted octanol–water partition coefficient (Wildman–Crippen LogP) is 3.87. The van der Waals surface area contributed by atoms with Crippen LogP contribution in [0.4, 0.5) is 11.8 Å². The number of fused-ring (bicyclic) bond motifs is 1. The Morgan fingerprint density at radius 1 is 1.13 bits per heavy atom. The monoisotopic (exact) mass is 447 g/mol. The Morgan fingerprint density at radius 3 is 2.63 bits per heavy atom. The van der Waals surface area contributed by atoms with E-state index < -0.39 is 0 Å². The van der Waals surface area contributed by atoms with Crippen LogP contribution in [-0.2, 0) is 6.54 Å². The van der Waals surface area contributed by atoms with Crippen LogP contribution in [0.2, 0.25) is 5.15 Å². The van der Waals surface area contributed by atoms with Gasteiger partial charge in [0.25, 0.3) is 0 Å². The summed E-state index contributed by atoms with van der Waals surface area (Å²) in [7, 11) is 0. The van der Waals surface area contributed by atoms with Crippen molar-refractivity contribution in [1.82, 2.24) is 15.3 Å². The number of hydrogen-bond donors (Lipinski definition) is 2. The third kappa shape index (κ3) is 5.23. The minimum atomic E-state index is 0.392. The number of nitrogens with one attached hydrogen (secondary N) is 2. The summed E-state index contributed by atoms with van der Waals surface area (Å²) in [6, 6.07) is 7.66. The predicted molar refractivity (Wildman–Crippen MR) is 123 cm³/mol. The number of thiocarbonyl (C=S) groups is 1. The summed E-state index contributed by atoms with van der Waals surface area (Å²) in [6.45, 7) is 8.14. The highest BCUT2D eigenvalue weighted by Crippen LogP contribution is 2.31. The molecular formula is C21H26ClN5O2S. The topological polar surface area (TPSA) is 71.5 Å². The first-order valence-electron chi connectivity index (χ1n) is 10.2. The second kappa shape index (κ2) is 9.22. The van der Waals surface area contributed by atoms with E-state index in [0.29, 0.717) is 47.8 Å². The van der Waals surface area contributed by atoms with Crippen molar-refractivity contribution in [2.75, 3.05) is 36.5 Å². The molecule has 0 bridgehead atoms. The van der Waals surface area contributed by atoms with Gasteiger partial charge in [0.1, 0.15) is 24.2 Å². The van der Waals surface area contributed by atoms with Crippen molar-refractivity contribution in [3.05, 3.63) is 35.0 Å². The average molecular weight is 448 g/mol. The largest absolute Gasteiger partial charge is 0.486 e. The molecule has 1 fully saturated rings. The molecule has 0 unspecified atom stereocenters. The minimum Gasteiger partial charge on any atom is -0.486 e. The van der Waals surface area contributed by atoms with Gasteiger partial charge in [0, 0.05) is 25.7 Å². The van der Waals surface area contributed by atoms with Gasteiger partial charge in [-0.25, -0.2) is 4.98 Å². The molecular weight excluding hydrogens is 422 g/mol. The fourth-order valence-corrected chi connectivity index (χ4v) is 4.34. The van der Waals surface area contributed by atoms with Crippen LogP contribution in [-0.4, -0.2) is 41.4 Å². The van der Waals surface area contributed by atoms with E-state index in [1.54, 1.807) is 0 Å². The van der Waals surface area contributed by atoms with E-state index in [2.05, 4.69) is 39.3 Å². The van der Waals surface area contributed by atoms with Gasteiger partial charge in [-0.3, -0.25) is 0 Å². The van der Waals surface area contributed by atoms with Gasteiger partial charge >= 0.3 is 0 Å². The molecule has 0 radical (unpaired) electrons. The first-order valence-corrected chi connectivity index (χ1v) is 11.0. The maximum absolute atomic E-state index is 6.26. The molecule has 2 aliphatic heterocycles. The highest BCUT2D eigenvalue weighted by atomic mass is 35.5. The first kappa shape index (κ1) is 20.9. The summed E-state index contributed by atoms with van der Waals surface area (Å²) in [5.74, 6) is 3.98. The van der Waals surface area contributed by atoms with Crippen molar-refractivity contribution >= 4 is 40.7 Å². The number of halogens is 1. The SMILES string of the molecule is C[C@@H]1C[C@H](C)CN(c2cc(Cl)nc(NC(=S)NCc3ccc4c(c3)OCCO4)n2)C1. The van der Waals surface area contributed by atoms with Crippen molar-refractivity contribution in [1.29, 1.82) is 0 Å². The zero-order chi connectivity index (χ0) is 21.1. The van der Waals surface area contributed by atoms with Crippen LogP contribution >= 0.6 is 23.8 Å². The molecule has 2 aromatic rings. The maximum atomic E-state index is 6.26. The van der Waals surface area contributed by atoms with Crippen molar-refractivity contribution in [3.63, 3.8) is 0 Å². The molecule has 30 heavy (non-hydrogen) atoms. The minimum absolute atomic E-state index is 0.392. The summed E-state index contributed by atoms with van der Waals surface area (Å²) in [5.41, 5.74) is 1.03. The maximum Gasteiger partial charge on any atom is 0.232 e. The summed E-state index contributed by atoms with van der Waals surface area (Å²) in [4.78, 5) is 11.2. The number of aromatic nitrogens is 2. The second-order valence-electron chi connectivity index (χ2n) is 8.01. The van der Waals surface area contributed by atoms with Gasteiger partial charge in [0.05, 0.1) is 0 Å². The summed E-state index contributed by atoms with van der Waals surface area (Å²) in [6.07, 6.45) is 1.23. The van der Waals surface area contributed by atoms with Gasteiger partial charge in [-0.2, -0.15) is 4.98 Å². The lowest BCUT2D eigenvalue weighted by Crippen LogP contribution is -2.39. The van der Waals surface area contributed by atoms with Crippen LogP contribution in [0.1, 0.15) is 25.8 Å². The molecule has 2 aliphatic rings. The third-order valence-corrected chi connectivity index (χ3v) is 5.60. The fraction of sp³-hybridized carbons (Fsp3) is 0.476. The molecule has 160 valence electrons. The van der Waals surface area contributed by atoms with Crippen LogP contribution < -0.4 is 25.0 Å².